The molecule has 0 amide bonds. The number of benzene rings is 1. The molecule has 0 aliphatic heterocycles. The van der Waals surface area contributed by atoms with E-state index in [-0.39, 0.29) is 0 Å². The normalized spacial score (nSPS) is 24.9. The summed E-state index contributed by atoms with van der Waals surface area (Å²) in [5.74, 6) is 0.651. The molecule has 2 atom stereocenters. The maximum atomic E-state index is 4.22. The van der Waals surface area contributed by atoms with Crippen LogP contribution in [0, 0.1) is 0 Å². The minimum atomic E-state index is 0.624. The molecule has 1 aliphatic rings. The highest BCUT2D eigenvalue weighted by Crippen LogP contribution is 2.38. The second-order valence-corrected chi connectivity index (χ2v) is 6.38. The summed E-state index contributed by atoms with van der Waals surface area (Å²) >= 11 is 3.91. The molecule has 0 bridgehead atoms. The molecule has 1 heterocycles. The zero-order chi connectivity index (χ0) is 12.4. The van der Waals surface area contributed by atoms with Gasteiger partial charge in [-0.2, -0.15) is 0 Å². The number of rotatable bonds is 1. The van der Waals surface area contributed by atoms with Crippen LogP contribution in [0.1, 0.15) is 43.6 Å². The number of hydrogen-bond acceptors (Lipinski definition) is 1. The molecule has 1 fully saturated rings. The van der Waals surface area contributed by atoms with Crippen LogP contribution in [0.5, 0.6) is 0 Å². The summed E-state index contributed by atoms with van der Waals surface area (Å²) in [5, 5.41) is 2.64. The molecule has 2 heteroatoms. The maximum absolute atomic E-state index is 4.22. The summed E-state index contributed by atoms with van der Waals surface area (Å²) in [6.45, 7) is 0. The third-order valence-electron chi connectivity index (χ3n) is 4.05. The Morgan fingerprint density at radius 1 is 1.06 bits per heavy atom. The first kappa shape index (κ1) is 12.2. The summed E-state index contributed by atoms with van der Waals surface area (Å²) in [5.41, 5.74) is 1.50. The van der Waals surface area contributed by atoms with E-state index >= 15 is 0 Å². The van der Waals surface area contributed by atoms with E-state index < -0.39 is 0 Å². The molecule has 0 radical (unpaired) electrons. The predicted molar refractivity (Wildman–Crippen MR) is 80.3 cm³/mol. The molecule has 3 rings (SSSR count). The molecular formula is C16H18BrN. The van der Waals surface area contributed by atoms with Crippen molar-refractivity contribution in [2.24, 2.45) is 0 Å². The molecule has 1 saturated carbocycles. The Labute approximate surface area is 117 Å². The van der Waals surface area contributed by atoms with Crippen molar-refractivity contribution in [1.82, 2.24) is 4.98 Å². The van der Waals surface area contributed by atoms with E-state index in [9.17, 15) is 0 Å². The smallest absolute Gasteiger partial charge is 0.0346 e. The second-order valence-electron chi connectivity index (χ2n) is 5.20. The summed E-state index contributed by atoms with van der Waals surface area (Å²) in [6, 6.07) is 8.79. The Morgan fingerprint density at radius 3 is 2.89 bits per heavy atom. The summed E-state index contributed by atoms with van der Waals surface area (Å²) in [4.78, 5) is 4.85. The van der Waals surface area contributed by atoms with Gasteiger partial charge in [-0.1, -0.05) is 53.4 Å². The number of fused-ring (bicyclic) bond motifs is 1. The Kier molecular flexibility index (Phi) is 3.64. The largest absolute Gasteiger partial charge is 0.264 e. The molecule has 0 N–H and O–H groups in total. The fraction of sp³-hybridized carbons (Fsp3) is 0.438. The van der Waals surface area contributed by atoms with Crippen LogP contribution < -0.4 is 0 Å². The van der Waals surface area contributed by atoms with E-state index in [1.54, 1.807) is 0 Å². The quantitative estimate of drug-likeness (QED) is 0.531. The maximum Gasteiger partial charge on any atom is 0.0346 e. The number of halogens is 1. The highest BCUT2D eigenvalue weighted by molar-refractivity contribution is 9.09. The van der Waals surface area contributed by atoms with Crippen LogP contribution in [-0.2, 0) is 0 Å². The Bertz CT molecular complexity index is 532. The van der Waals surface area contributed by atoms with Crippen molar-refractivity contribution in [3.8, 4) is 0 Å². The minimum absolute atomic E-state index is 0.624. The van der Waals surface area contributed by atoms with E-state index in [4.69, 9.17) is 0 Å². The minimum Gasteiger partial charge on any atom is -0.264 e. The summed E-state index contributed by atoms with van der Waals surface area (Å²) < 4.78 is 0. The first-order valence-corrected chi connectivity index (χ1v) is 7.74. The zero-order valence-electron chi connectivity index (χ0n) is 10.5. The SMILES string of the molecule is BrC1CCCCCC1c1cccc2cnccc12. The topological polar surface area (TPSA) is 12.9 Å². The van der Waals surface area contributed by atoms with Crippen LogP contribution in [0.2, 0.25) is 0 Å². The van der Waals surface area contributed by atoms with Crippen molar-refractivity contribution in [3.05, 3.63) is 42.2 Å². The number of pyridine rings is 1. The fourth-order valence-corrected chi connectivity index (χ4v) is 3.96. The molecule has 2 aromatic rings. The fourth-order valence-electron chi connectivity index (χ4n) is 3.08. The molecule has 1 aromatic heterocycles. The highest BCUT2D eigenvalue weighted by atomic mass is 79.9. The van der Waals surface area contributed by atoms with Gasteiger partial charge in [0.2, 0.25) is 0 Å². The molecule has 94 valence electrons. The molecule has 18 heavy (non-hydrogen) atoms. The van der Waals surface area contributed by atoms with Gasteiger partial charge in [0.25, 0.3) is 0 Å². The second kappa shape index (κ2) is 5.40. The van der Waals surface area contributed by atoms with Crippen molar-refractivity contribution < 1.29 is 0 Å². The lowest BCUT2D eigenvalue weighted by molar-refractivity contribution is 0.616. The van der Waals surface area contributed by atoms with Crippen molar-refractivity contribution in [2.75, 3.05) is 0 Å². The van der Waals surface area contributed by atoms with Gasteiger partial charge < -0.3 is 0 Å². The first-order chi connectivity index (χ1) is 8.86. The van der Waals surface area contributed by atoms with Gasteiger partial charge in [0.15, 0.2) is 0 Å². The van der Waals surface area contributed by atoms with Crippen molar-refractivity contribution in [2.45, 2.75) is 42.8 Å². The first-order valence-electron chi connectivity index (χ1n) is 6.83. The number of hydrogen-bond donors (Lipinski definition) is 0. The average Bonchev–Trinajstić information content (AvgIpc) is 2.63. The molecule has 0 saturated heterocycles. The van der Waals surface area contributed by atoms with Gasteiger partial charge in [-0.3, -0.25) is 4.98 Å². The summed E-state index contributed by atoms with van der Waals surface area (Å²) in [7, 11) is 0. The van der Waals surface area contributed by atoms with Crippen LogP contribution in [0.3, 0.4) is 0 Å². The van der Waals surface area contributed by atoms with E-state index in [1.165, 1.54) is 48.4 Å². The van der Waals surface area contributed by atoms with Gasteiger partial charge in [0, 0.05) is 22.6 Å². The third-order valence-corrected chi connectivity index (χ3v) is 5.14. The standard InChI is InChI=1S/C16H18BrN/c17-16-8-3-1-2-6-15(16)14-7-4-5-12-11-18-10-9-13(12)14/h4-5,7,9-11,15-16H,1-3,6,8H2. The van der Waals surface area contributed by atoms with E-state index in [1.807, 2.05) is 12.4 Å². The van der Waals surface area contributed by atoms with Gasteiger partial charge in [-0.25, -0.2) is 0 Å². The molecule has 1 aromatic carbocycles. The summed E-state index contributed by atoms with van der Waals surface area (Å²) in [6.07, 6.45) is 10.6. The Morgan fingerprint density at radius 2 is 1.94 bits per heavy atom. The Balaban J connectivity index is 2.07. The predicted octanol–water partition coefficient (Wildman–Crippen LogP) is 5.05. The highest BCUT2D eigenvalue weighted by Gasteiger charge is 2.24. The van der Waals surface area contributed by atoms with Crippen LogP contribution in [0.15, 0.2) is 36.7 Å². The monoisotopic (exact) mass is 303 g/mol. The van der Waals surface area contributed by atoms with Gasteiger partial charge in [0.1, 0.15) is 0 Å². The lowest BCUT2D eigenvalue weighted by Gasteiger charge is -2.22. The van der Waals surface area contributed by atoms with E-state index in [2.05, 4.69) is 45.2 Å². The number of alkyl halides is 1. The number of aromatic nitrogens is 1. The lowest BCUT2D eigenvalue weighted by Crippen LogP contribution is -2.11. The van der Waals surface area contributed by atoms with Crippen molar-refractivity contribution >= 4 is 26.7 Å². The van der Waals surface area contributed by atoms with Gasteiger partial charge in [-0.05, 0) is 35.8 Å². The van der Waals surface area contributed by atoms with Crippen LogP contribution in [-0.4, -0.2) is 9.81 Å². The Hall–Kier alpha value is -0.890. The van der Waals surface area contributed by atoms with Crippen LogP contribution in [0.4, 0.5) is 0 Å². The van der Waals surface area contributed by atoms with Crippen molar-refractivity contribution in [1.29, 1.82) is 0 Å². The van der Waals surface area contributed by atoms with Crippen LogP contribution >= 0.6 is 15.9 Å². The zero-order valence-corrected chi connectivity index (χ0v) is 12.1. The van der Waals surface area contributed by atoms with Crippen LogP contribution in [0.25, 0.3) is 10.8 Å². The molecule has 1 nitrogen and oxygen atoms in total. The van der Waals surface area contributed by atoms with Gasteiger partial charge in [-0.15, -0.1) is 0 Å². The average molecular weight is 304 g/mol. The van der Waals surface area contributed by atoms with Gasteiger partial charge in [0.05, 0.1) is 0 Å². The van der Waals surface area contributed by atoms with Gasteiger partial charge >= 0.3 is 0 Å². The van der Waals surface area contributed by atoms with Crippen molar-refractivity contribution in [3.63, 3.8) is 0 Å². The molecule has 1 aliphatic carbocycles. The lowest BCUT2D eigenvalue weighted by atomic mass is 9.88. The van der Waals surface area contributed by atoms with E-state index in [0.717, 1.165) is 0 Å². The number of nitrogens with zero attached hydrogens (tertiary/aromatic N) is 1. The third kappa shape index (κ3) is 2.31. The van der Waals surface area contributed by atoms with E-state index in [0.29, 0.717) is 10.7 Å². The molecule has 2 unspecified atom stereocenters. The molecular weight excluding hydrogens is 286 g/mol. The molecule has 0 spiro atoms.